The smallest absolute Gasteiger partial charge is 0.328 e. The first-order valence-corrected chi connectivity index (χ1v) is 4.34. The summed E-state index contributed by atoms with van der Waals surface area (Å²) in [6.45, 7) is 7.15. The third kappa shape index (κ3) is 2.68. The molecule has 1 aliphatic rings. The number of carboxylic acids is 1. The molecule has 4 heteroatoms. The van der Waals surface area contributed by atoms with Gasteiger partial charge in [0.1, 0.15) is 12.2 Å². The van der Waals surface area contributed by atoms with Crippen molar-refractivity contribution in [2.75, 3.05) is 0 Å². The molecular formula is C10H14O4. The van der Waals surface area contributed by atoms with E-state index in [0.717, 1.165) is 6.08 Å². The summed E-state index contributed by atoms with van der Waals surface area (Å²) in [7, 11) is 0. The molecule has 1 N–H and O–H groups in total. The quantitative estimate of drug-likeness (QED) is 0.549. The van der Waals surface area contributed by atoms with E-state index in [-0.39, 0.29) is 12.2 Å². The molecule has 0 bridgehead atoms. The molecule has 1 fully saturated rings. The first-order chi connectivity index (χ1) is 6.44. The third-order valence-corrected chi connectivity index (χ3v) is 1.82. The Bertz CT molecular complexity index is 267. The molecule has 0 aromatic heterocycles. The summed E-state index contributed by atoms with van der Waals surface area (Å²) >= 11 is 0. The number of carboxylic acid groups (broad SMARTS) is 1. The van der Waals surface area contributed by atoms with E-state index in [1.165, 1.54) is 6.08 Å². The Labute approximate surface area is 82.8 Å². The van der Waals surface area contributed by atoms with Crippen LogP contribution in [-0.4, -0.2) is 29.1 Å². The highest BCUT2D eigenvalue weighted by Crippen LogP contribution is 2.29. The predicted octanol–water partition coefficient (Wildman–Crippen LogP) is 1.33. The Morgan fingerprint density at radius 2 is 2.00 bits per heavy atom. The lowest BCUT2D eigenvalue weighted by atomic mass is 10.2. The minimum Gasteiger partial charge on any atom is -0.478 e. The third-order valence-electron chi connectivity index (χ3n) is 1.82. The second kappa shape index (κ2) is 3.94. The normalized spacial score (nSPS) is 30.7. The Morgan fingerprint density at radius 3 is 2.50 bits per heavy atom. The van der Waals surface area contributed by atoms with Gasteiger partial charge >= 0.3 is 5.97 Å². The fraction of sp³-hybridized carbons (Fsp3) is 0.500. The molecule has 1 rings (SSSR count). The molecule has 0 amide bonds. The van der Waals surface area contributed by atoms with E-state index in [9.17, 15) is 4.79 Å². The van der Waals surface area contributed by atoms with Crippen molar-refractivity contribution in [3.63, 3.8) is 0 Å². The summed E-state index contributed by atoms with van der Waals surface area (Å²) in [6, 6.07) is 0. The van der Waals surface area contributed by atoms with Gasteiger partial charge < -0.3 is 14.6 Å². The molecule has 0 spiro atoms. The summed E-state index contributed by atoms with van der Waals surface area (Å²) < 4.78 is 10.9. The lowest BCUT2D eigenvalue weighted by Gasteiger charge is -2.15. The molecule has 4 nitrogen and oxygen atoms in total. The number of hydrogen-bond acceptors (Lipinski definition) is 3. The zero-order chi connectivity index (χ0) is 10.8. The lowest BCUT2D eigenvalue weighted by molar-refractivity contribution is -0.139. The highest BCUT2D eigenvalue weighted by Gasteiger charge is 2.38. The number of aliphatic carboxylic acids is 1. The zero-order valence-electron chi connectivity index (χ0n) is 8.27. The highest BCUT2D eigenvalue weighted by molar-refractivity contribution is 5.79. The SMILES string of the molecule is C=CC1OC(C)(C)OC1/C=C/C(=O)O. The number of hydrogen-bond donors (Lipinski definition) is 1. The van der Waals surface area contributed by atoms with Crippen LogP contribution in [0.15, 0.2) is 24.8 Å². The van der Waals surface area contributed by atoms with Crippen molar-refractivity contribution in [2.45, 2.75) is 31.8 Å². The van der Waals surface area contributed by atoms with E-state index in [2.05, 4.69) is 6.58 Å². The van der Waals surface area contributed by atoms with Crippen LogP contribution in [0.1, 0.15) is 13.8 Å². The number of carbonyl (C=O) groups is 1. The van der Waals surface area contributed by atoms with Crippen molar-refractivity contribution >= 4 is 5.97 Å². The molecule has 1 heterocycles. The average molecular weight is 198 g/mol. The molecule has 2 atom stereocenters. The molecule has 0 aromatic rings. The monoisotopic (exact) mass is 198 g/mol. The summed E-state index contributed by atoms with van der Waals surface area (Å²) in [5.41, 5.74) is 0. The van der Waals surface area contributed by atoms with Crippen LogP contribution in [0.5, 0.6) is 0 Å². The predicted molar refractivity (Wildman–Crippen MR) is 50.8 cm³/mol. The van der Waals surface area contributed by atoms with E-state index in [0.29, 0.717) is 0 Å². The van der Waals surface area contributed by atoms with Crippen LogP contribution < -0.4 is 0 Å². The van der Waals surface area contributed by atoms with E-state index in [1.54, 1.807) is 19.9 Å². The van der Waals surface area contributed by atoms with Gasteiger partial charge in [-0.2, -0.15) is 0 Å². The van der Waals surface area contributed by atoms with Gasteiger partial charge in [-0.1, -0.05) is 6.08 Å². The first-order valence-electron chi connectivity index (χ1n) is 4.34. The van der Waals surface area contributed by atoms with Crippen molar-refractivity contribution < 1.29 is 19.4 Å². The highest BCUT2D eigenvalue weighted by atomic mass is 16.7. The molecule has 14 heavy (non-hydrogen) atoms. The van der Waals surface area contributed by atoms with E-state index in [1.807, 2.05) is 0 Å². The van der Waals surface area contributed by atoms with Gasteiger partial charge in [0.25, 0.3) is 0 Å². The molecule has 78 valence electrons. The van der Waals surface area contributed by atoms with Crippen LogP contribution in [0.25, 0.3) is 0 Å². The topological polar surface area (TPSA) is 55.8 Å². The van der Waals surface area contributed by atoms with Gasteiger partial charge in [-0.05, 0) is 19.9 Å². The van der Waals surface area contributed by atoms with Crippen molar-refractivity contribution in [1.82, 2.24) is 0 Å². The van der Waals surface area contributed by atoms with Gasteiger partial charge in [-0.15, -0.1) is 6.58 Å². The first kappa shape index (κ1) is 10.9. The van der Waals surface area contributed by atoms with Crippen molar-refractivity contribution in [3.8, 4) is 0 Å². The van der Waals surface area contributed by atoms with E-state index in [4.69, 9.17) is 14.6 Å². The summed E-state index contributed by atoms with van der Waals surface area (Å²) in [4.78, 5) is 10.3. The maximum absolute atomic E-state index is 10.3. The second-order valence-corrected chi connectivity index (χ2v) is 3.50. The lowest BCUT2D eigenvalue weighted by Crippen LogP contribution is -2.20. The Balaban J connectivity index is 2.69. The summed E-state index contributed by atoms with van der Waals surface area (Å²) in [5.74, 6) is -1.69. The summed E-state index contributed by atoms with van der Waals surface area (Å²) in [5, 5.41) is 8.45. The van der Waals surface area contributed by atoms with Crippen LogP contribution in [-0.2, 0) is 14.3 Å². The Kier molecular flexibility index (Phi) is 3.08. The minimum absolute atomic E-state index is 0.291. The standard InChI is InChI=1S/C10H14O4/c1-4-7-8(5-6-9(11)12)14-10(2,3)13-7/h4-8H,1H2,2-3H3,(H,11,12)/b6-5+. The van der Waals surface area contributed by atoms with E-state index >= 15 is 0 Å². The maximum Gasteiger partial charge on any atom is 0.328 e. The Morgan fingerprint density at radius 1 is 1.43 bits per heavy atom. The van der Waals surface area contributed by atoms with Gasteiger partial charge in [-0.3, -0.25) is 0 Å². The molecule has 1 aliphatic heterocycles. The fourth-order valence-corrected chi connectivity index (χ4v) is 1.33. The fourth-order valence-electron chi connectivity index (χ4n) is 1.33. The Hall–Kier alpha value is -1.13. The largest absolute Gasteiger partial charge is 0.478 e. The molecule has 0 aliphatic carbocycles. The molecule has 1 saturated heterocycles. The second-order valence-electron chi connectivity index (χ2n) is 3.50. The van der Waals surface area contributed by atoms with Crippen LogP contribution in [0.2, 0.25) is 0 Å². The van der Waals surface area contributed by atoms with Crippen molar-refractivity contribution in [3.05, 3.63) is 24.8 Å². The van der Waals surface area contributed by atoms with Crippen LogP contribution in [0.4, 0.5) is 0 Å². The molecule has 0 saturated carbocycles. The number of ether oxygens (including phenoxy) is 2. The maximum atomic E-state index is 10.3. The molecule has 0 aromatic carbocycles. The molecule has 0 radical (unpaired) electrons. The van der Waals surface area contributed by atoms with Crippen LogP contribution in [0, 0.1) is 0 Å². The minimum atomic E-state index is -0.999. The molecular weight excluding hydrogens is 184 g/mol. The van der Waals surface area contributed by atoms with Gasteiger partial charge in [-0.25, -0.2) is 4.79 Å². The van der Waals surface area contributed by atoms with Gasteiger partial charge in [0.2, 0.25) is 0 Å². The average Bonchev–Trinajstić information content (AvgIpc) is 2.37. The van der Waals surface area contributed by atoms with Gasteiger partial charge in [0, 0.05) is 6.08 Å². The van der Waals surface area contributed by atoms with Crippen molar-refractivity contribution in [1.29, 1.82) is 0 Å². The van der Waals surface area contributed by atoms with Gasteiger partial charge in [0.15, 0.2) is 5.79 Å². The molecule has 2 unspecified atom stereocenters. The zero-order valence-corrected chi connectivity index (χ0v) is 8.27. The van der Waals surface area contributed by atoms with Gasteiger partial charge in [0.05, 0.1) is 0 Å². The van der Waals surface area contributed by atoms with Crippen molar-refractivity contribution in [2.24, 2.45) is 0 Å². The van der Waals surface area contributed by atoms with Crippen LogP contribution >= 0.6 is 0 Å². The summed E-state index contributed by atoms with van der Waals surface area (Å²) in [6.07, 6.45) is 3.44. The van der Waals surface area contributed by atoms with Crippen LogP contribution in [0.3, 0.4) is 0 Å². The number of rotatable bonds is 3. The van der Waals surface area contributed by atoms with E-state index < -0.39 is 11.8 Å².